The second-order valence-corrected chi connectivity index (χ2v) is 9.60. The van der Waals surface area contributed by atoms with Gasteiger partial charge < -0.3 is 25.2 Å². The number of ether oxygens (including phenoxy) is 2. The Kier molecular flexibility index (Phi) is 5.63. The summed E-state index contributed by atoms with van der Waals surface area (Å²) in [5.41, 5.74) is 8.14. The van der Waals surface area contributed by atoms with Gasteiger partial charge in [0.15, 0.2) is 5.82 Å². The van der Waals surface area contributed by atoms with Gasteiger partial charge in [0.2, 0.25) is 5.88 Å². The number of halogens is 2. The highest BCUT2D eigenvalue weighted by Gasteiger charge is 2.34. The molecule has 1 fully saturated rings. The number of hydrogen-bond donors (Lipinski definition) is 2. The summed E-state index contributed by atoms with van der Waals surface area (Å²) in [6, 6.07) is 6.39. The predicted molar refractivity (Wildman–Crippen MR) is 138 cm³/mol. The molecule has 0 saturated heterocycles. The maximum Gasteiger partial charge on any atom is 0.318 e. The van der Waals surface area contributed by atoms with Crippen LogP contribution in [-0.2, 0) is 0 Å². The smallest absolute Gasteiger partial charge is 0.318 e. The topological polar surface area (TPSA) is 120 Å². The van der Waals surface area contributed by atoms with Crippen LogP contribution in [0.1, 0.15) is 42.9 Å². The molecular weight excluding hydrogens is 499 g/mol. The van der Waals surface area contributed by atoms with E-state index in [1.54, 1.807) is 6.20 Å². The number of phenolic OH excluding ortho intramolecular Hbond substituents is 1. The molecule has 1 saturated carbocycles. The number of aromatic hydroxyl groups is 1. The highest BCUT2D eigenvalue weighted by Crippen LogP contribution is 2.50. The molecule has 1 aromatic carbocycles. The van der Waals surface area contributed by atoms with E-state index in [1.807, 2.05) is 24.0 Å². The van der Waals surface area contributed by atoms with E-state index in [0.717, 1.165) is 24.0 Å². The molecule has 1 aliphatic carbocycles. The third-order valence-corrected chi connectivity index (χ3v) is 7.19. The first-order valence-corrected chi connectivity index (χ1v) is 12.3. The fourth-order valence-electron chi connectivity index (χ4n) is 4.95. The number of hydrogen-bond acceptors (Lipinski definition) is 9. The van der Waals surface area contributed by atoms with Crippen molar-refractivity contribution in [1.29, 1.82) is 0 Å². The van der Waals surface area contributed by atoms with E-state index in [-0.39, 0.29) is 47.4 Å². The lowest BCUT2D eigenvalue weighted by atomic mass is 9.98. The van der Waals surface area contributed by atoms with Crippen molar-refractivity contribution in [2.24, 2.45) is 0 Å². The van der Waals surface area contributed by atoms with E-state index >= 15 is 4.39 Å². The third-order valence-electron chi connectivity index (χ3n) is 6.88. The molecule has 1 atom stereocenters. The lowest BCUT2D eigenvalue weighted by Crippen LogP contribution is -2.31. The molecule has 0 bridgehead atoms. The molecule has 2 aliphatic rings. The highest BCUT2D eigenvalue weighted by molar-refractivity contribution is 6.32. The van der Waals surface area contributed by atoms with Crippen LogP contribution in [0.4, 0.5) is 16.0 Å². The van der Waals surface area contributed by atoms with Gasteiger partial charge in [-0.05, 0) is 49.4 Å². The third kappa shape index (κ3) is 3.92. The zero-order chi connectivity index (χ0) is 25.8. The van der Waals surface area contributed by atoms with Gasteiger partial charge in [-0.1, -0.05) is 17.7 Å². The van der Waals surface area contributed by atoms with Crippen molar-refractivity contribution < 1.29 is 19.0 Å². The number of rotatable bonds is 5. The Morgan fingerprint density at radius 3 is 2.81 bits per heavy atom. The monoisotopic (exact) mass is 522 g/mol. The summed E-state index contributed by atoms with van der Waals surface area (Å²) < 4.78 is 27.7. The van der Waals surface area contributed by atoms with Crippen molar-refractivity contribution in [3.05, 3.63) is 52.4 Å². The highest BCUT2D eigenvalue weighted by atomic mass is 35.5. The summed E-state index contributed by atoms with van der Waals surface area (Å²) in [5.74, 6) is 0.428. The molecule has 4 aromatic rings. The summed E-state index contributed by atoms with van der Waals surface area (Å²) in [5, 5.41) is 11.0. The van der Waals surface area contributed by atoms with Gasteiger partial charge in [-0.2, -0.15) is 9.97 Å². The molecule has 3 aromatic heterocycles. The van der Waals surface area contributed by atoms with Crippen molar-refractivity contribution in [2.75, 3.05) is 30.9 Å². The minimum Gasteiger partial charge on any atom is -0.508 e. The molecule has 37 heavy (non-hydrogen) atoms. The van der Waals surface area contributed by atoms with Gasteiger partial charge in [-0.3, -0.25) is 0 Å². The fraction of sp³-hybridized carbons (Fsp3) is 0.308. The number of phenols is 1. The van der Waals surface area contributed by atoms with Crippen molar-refractivity contribution in [1.82, 2.24) is 19.9 Å². The molecule has 9 nitrogen and oxygen atoms in total. The predicted octanol–water partition coefficient (Wildman–Crippen LogP) is 5.01. The normalized spacial score (nSPS) is 15.8. The summed E-state index contributed by atoms with van der Waals surface area (Å²) in [7, 11) is 1.43. The van der Waals surface area contributed by atoms with Crippen LogP contribution in [0, 0.1) is 5.82 Å². The van der Waals surface area contributed by atoms with Crippen molar-refractivity contribution >= 4 is 34.1 Å². The van der Waals surface area contributed by atoms with Crippen LogP contribution in [0.2, 0.25) is 5.02 Å². The molecule has 3 N–H and O–H groups in total. The second-order valence-electron chi connectivity index (χ2n) is 9.20. The number of benzene rings is 1. The first-order chi connectivity index (χ1) is 17.9. The first-order valence-electron chi connectivity index (χ1n) is 11.9. The number of aromatic nitrogens is 4. The van der Waals surface area contributed by atoms with Crippen LogP contribution in [0.3, 0.4) is 0 Å². The number of nitrogen functional groups attached to an aromatic ring is 1. The molecule has 0 radical (unpaired) electrons. The summed E-state index contributed by atoms with van der Waals surface area (Å²) in [6.45, 7) is 2.64. The largest absolute Gasteiger partial charge is 0.508 e. The summed E-state index contributed by atoms with van der Waals surface area (Å²) in [4.78, 5) is 19.7. The van der Waals surface area contributed by atoms with Gasteiger partial charge in [0, 0.05) is 22.3 Å². The zero-order valence-corrected chi connectivity index (χ0v) is 21.0. The Bertz CT molecular complexity index is 1550. The molecule has 6 rings (SSSR count). The average Bonchev–Trinajstić information content (AvgIpc) is 3.73. The maximum atomic E-state index is 16.3. The van der Waals surface area contributed by atoms with E-state index in [9.17, 15) is 5.11 Å². The Hall–Kier alpha value is -3.92. The van der Waals surface area contributed by atoms with Crippen LogP contribution in [0.25, 0.3) is 22.2 Å². The Balaban J connectivity index is 1.60. The Morgan fingerprint density at radius 2 is 2.08 bits per heavy atom. The van der Waals surface area contributed by atoms with Gasteiger partial charge >= 0.3 is 6.01 Å². The summed E-state index contributed by atoms with van der Waals surface area (Å²) in [6.07, 6.45) is 3.49. The fourth-order valence-corrected chi connectivity index (χ4v) is 5.31. The van der Waals surface area contributed by atoms with Crippen LogP contribution < -0.4 is 20.1 Å². The van der Waals surface area contributed by atoms with Gasteiger partial charge in [0.05, 0.1) is 19.7 Å². The molecule has 0 amide bonds. The van der Waals surface area contributed by atoms with Crippen LogP contribution in [0.15, 0.2) is 30.5 Å². The Labute approximate surface area is 217 Å². The Morgan fingerprint density at radius 1 is 1.27 bits per heavy atom. The molecule has 1 unspecified atom stereocenters. The molecule has 4 heterocycles. The molecule has 11 heteroatoms. The quantitative estimate of drug-likeness (QED) is 0.372. The van der Waals surface area contributed by atoms with Crippen LogP contribution >= 0.6 is 11.6 Å². The SMILES string of the molecule is COc1nc2c3c(nc(-c4cc(O)cc(Cl)c4C4CC4)c(F)c3n1)OCCN2C(C)c1cccnc1N. The van der Waals surface area contributed by atoms with Gasteiger partial charge in [0.1, 0.15) is 40.6 Å². The molecular formula is C26H24ClFN6O3. The zero-order valence-electron chi connectivity index (χ0n) is 20.2. The van der Waals surface area contributed by atoms with E-state index in [0.29, 0.717) is 34.2 Å². The minimum absolute atomic E-state index is 0.000818. The standard InChI is InChI=1S/C26H24ClFN6O3/c1-12(15-4-3-7-30-23(15)29)34-8-9-37-25-19-22(32-26(36-2)33-24(19)34)20(28)21(31-25)16-10-14(35)11-17(27)18(16)13-5-6-13/h3-4,7,10-13,35H,5-6,8-9H2,1-2H3,(H2,29,30). The number of nitrogens with two attached hydrogens (primary N) is 1. The minimum atomic E-state index is -0.678. The van der Waals surface area contributed by atoms with E-state index < -0.39 is 5.82 Å². The van der Waals surface area contributed by atoms with Crippen molar-refractivity contribution in [2.45, 2.75) is 31.7 Å². The average molecular weight is 523 g/mol. The van der Waals surface area contributed by atoms with Crippen molar-refractivity contribution in [3.63, 3.8) is 0 Å². The van der Waals surface area contributed by atoms with E-state index in [1.165, 1.54) is 19.2 Å². The van der Waals surface area contributed by atoms with E-state index in [2.05, 4.69) is 19.9 Å². The molecule has 1 aliphatic heterocycles. The lowest BCUT2D eigenvalue weighted by molar-refractivity contribution is 0.316. The van der Waals surface area contributed by atoms with E-state index in [4.69, 9.17) is 26.8 Å². The number of pyridine rings is 2. The molecule has 0 spiro atoms. The molecule has 190 valence electrons. The second kappa shape index (κ2) is 8.88. The number of methoxy groups -OCH3 is 1. The lowest BCUT2D eigenvalue weighted by Gasteiger charge is -2.30. The summed E-state index contributed by atoms with van der Waals surface area (Å²) >= 11 is 6.49. The number of nitrogens with zero attached hydrogens (tertiary/aromatic N) is 5. The number of anilines is 2. The van der Waals surface area contributed by atoms with Crippen LogP contribution in [-0.4, -0.2) is 45.3 Å². The first kappa shape index (κ1) is 23.5. The van der Waals surface area contributed by atoms with Gasteiger partial charge in [0.25, 0.3) is 0 Å². The van der Waals surface area contributed by atoms with Gasteiger partial charge in [-0.25, -0.2) is 14.4 Å². The van der Waals surface area contributed by atoms with Gasteiger partial charge in [-0.15, -0.1) is 0 Å². The van der Waals surface area contributed by atoms with Crippen LogP contribution in [0.5, 0.6) is 17.6 Å². The van der Waals surface area contributed by atoms with Crippen molar-refractivity contribution in [3.8, 4) is 28.9 Å². The maximum absolute atomic E-state index is 16.3.